The van der Waals surface area contributed by atoms with Gasteiger partial charge >= 0.3 is 0 Å². The van der Waals surface area contributed by atoms with Gasteiger partial charge < -0.3 is 20.0 Å². The van der Waals surface area contributed by atoms with Crippen molar-refractivity contribution in [3.63, 3.8) is 0 Å². The molecule has 174 valence electrons. The summed E-state index contributed by atoms with van der Waals surface area (Å²) in [6, 6.07) is 12.3. The Morgan fingerprint density at radius 2 is 1.69 bits per heavy atom. The van der Waals surface area contributed by atoms with Crippen LogP contribution in [-0.2, 0) is 6.54 Å². The number of benzene rings is 1. The first-order valence-corrected chi connectivity index (χ1v) is 12.3. The predicted molar refractivity (Wildman–Crippen MR) is 145 cm³/mol. The summed E-state index contributed by atoms with van der Waals surface area (Å²) in [5, 5.41) is 6.93. The number of aliphatic imine (C=N–C) groups is 1. The molecule has 1 N–H and O–H groups in total. The summed E-state index contributed by atoms with van der Waals surface area (Å²) in [6.07, 6.45) is 3.47. The normalized spacial score (nSPS) is 17.2. The average molecular weight is 568 g/mol. The molecular formula is C24H34IN5OS. The summed E-state index contributed by atoms with van der Waals surface area (Å²) < 4.78 is 0. The largest absolute Gasteiger partial charge is 0.360 e. The second-order valence-corrected chi connectivity index (χ2v) is 9.07. The number of rotatable bonds is 5. The molecule has 0 unspecified atom stereocenters. The van der Waals surface area contributed by atoms with E-state index in [1.807, 2.05) is 29.2 Å². The molecule has 1 amide bonds. The molecule has 4 rings (SSSR count). The smallest absolute Gasteiger partial charge is 0.253 e. The summed E-state index contributed by atoms with van der Waals surface area (Å²) in [7, 11) is 0. The second kappa shape index (κ2) is 12.4. The lowest BCUT2D eigenvalue weighted by Gasteiger charge is -2.37. The van der Waals surface area contributed by atoms with Crippen LogP contribution in [0.15, 0.2) is 46.8 Å². The van der Waals surface area contributed by atoms with Crippen LogP contribution in [0, 0.1) is 0 Å². The highest BCUT2D eigenvalue weighted by Gasteiger charge is 2.20. The van der Waals surface area contributed by atoms with E-state index in [2.05, 4.69) is 39.6 Å². The maximum atomic E-state index is 12.7. The van der Waals surface area contributed by atoms with Crippen molar-refractivity contribution < 1.29 is 4.79 Å². The van der Waals surface area contributed by atoms with E-state index in [0.717, 1.165) is 75.7 Å². The lowest BCUT2D eigenvalue weighted by molar-refractivity contribution is 0.0724. The molecule has 2 aromatic rings. The van der Waals surface area contributed by atoms with Gasteiger partial charge in [0.25, 0.3) is 5.91 Å². The number of halogens is 1. The van der Waals surface area contributed by atoms with Gasteiger partial charge in [-0.3, -0.25) is 4.79 Å². The van der Waals surface area contributed by atoms with Crippen LogP contribution in [0.4, 0.5) is 5.00 Å². The molecule has 3 heterocycles. The van der Waals surface area contributed by atoms with Crippen molar-refractivity contribution in [3.8, 4) is 0 Å². The van der Waals surface area contributed by atoms with E-state index in [1.165, 1.54) is 11.4 Å². The first kappa shape index (κ1) is 24.8. The van der Waals surface area contributed by atoms with Crippen molar-refractivity contribution in [3.05, 3.63) is 52.9 Å². The van der Waals surface area contributed by atoms with Crippen molar-refractivity contribution in [1.82, 2.24) is 15.1 Å². The van der Waals surface area contributed by atoms with Gasteiger partial charge in [-0.15, -0.1) is 35.3 Å². The average Bonchev–Trinajstić information content (AvgIpc) is 3.37. The topological polar surface area (TPSA) is 51.2 Å². The minimum absolute atomic E-state index is 0. The molecule has 32 heavy (non-hydrogen) atoms. The molecule has 2 fully saturated rings. The lowest BCUT2D eigenvalue weighted by Crippen LogP contribution is -2.52. The molecule has 2 saturated heterocycles. The summed E-state index contributed by atoms with van der Waals surface area (Å²) in [6.45, 7) is 9.31. The summed E-state index contributed by atoms with van der Waals surface area (Å²) >= 11 is 1.80. The first-order chi connectivity index (χ1) is 15.2. The van der Waals surface area contributed by atoms with E-state index < -0.39 is 0 Å². The van der Waals surface area contributed by atoms with E-state index in [0.29, 0.717) is 6.54 Å². The number of anilines is 1. The van der Waals surface area contributed by atoms with E-state index in [-0.39, 0.29) is 29.9 Å². The zero-order valence-electron chi connectivity index (χ0n) is 18.8. The maximum Gasteiger partial charge on any atom is 0.253 e. The van der Waals surface area contributed by atoms with Crippen LogP contribution in [0.1, 0.15) is 42.1 Å². The van der Waals surface area contributed by atoms with Crippen molar-refractivity contribution in [2.45, 2.75) is 32.7 Å². The number of guanidine groups is 1. The number of carbonyl (C=O) groups is 1. The number of nitrogens with zero attached hydrogens (tertiary/aromatic N) is 4. The molecule has 0 aliphatic carbocycles. The fraction of sp³-hybridized carbons (Fsp3) is 0.500. The van der Waals surface area contributed by atoms with Crippen molar-refractivity contribution in [2.75, 3.05) is 50.7 Å². The Hall–Kier alpha value is -1.81. The number of thiophene rings is 1. The zero-order valence-corrected chi connectivity index (χ0v) is 22.0. The molecule has 2 aliphatic rings. The third kappa shape index (κ3) is 6.37. The van der Waals surface area contributed by atoms with Crippen LogP contribution in [0.3, 0.4) is 0 Å². The molecule has 8 heteroatoms. The Kier molecular flexibility index (Phi) is 9.65. The van der Waals surface area contributed by atoms with Gasteiger partial charge in [-0.05, 0) is 61.4 Å². The number of hydrogen-bond donors (Lipinski definition) is 1. The van der Waals surface area contributed by atoms with E-state index in [1.54, 1.807) is 11.3 Å². The van der Waals surface area contributed by atoms with Crippen molar-refractivity contribution >= 4 is 52.2 Å². The van der Waals surface area contributed by atoms with Crippen molar-refractivity contribution in [2.24, 2.45) is 4.99 Å². The minimum Gasteiger partial charge on any atom is -0.360 e. The number of likely N-dealkylation sites (tertiary alicyclic amines) is 1. The number of carbonyl (C=O) groups excluding carboxylic acids is 1. The quantitative estimate of drug-likeness (QED) is 0.333. The first-order valence-electron chi connectivity index (χ1n) is 11.4. The molecule has 1 aromatic heterocycles. The lowest BCUT2D eigenvalue weighted by atomic mass is 10.1. The maximum absolute atomic E-state index is 12.7. The number of amides is 1. The standard InChI is InChI=1S/C24H33N5OS.HI/c1-2-25-24(29-16-14-27(15-17-29)22-7-6-18-31-22)26-19-20-8-10-21(11-9-20)23(30)28-12-4-3-5-13-28;/h6-11,18H,2-5,12-17,19H2,1H3,(H,25,26);1H. The Morgan fingerprint density at radius 1 is 0.969 bits per heavy atom. The second-order valence-electron chi connectivity index (χ2n) is 8.15. The number of hydrogen-bond acceptors (Lipinski definition) is 4. The molecule has 0 spiro atoms. The number of piperazine rings is 1. The van der Waals surface area contributed by atoms with Gasteiger partial charge in [-0.1, -0.05) is 12.1 Å². The van der Waals surface area contributed by atoms with Gasteiger partial charge in [0.2, 0.25) is 0 Å². The Morgan fingerprint density at radius 3 is 2.31 bits per heavy atom. The molecule has 0 saturated carbocycles. The van der Waals surface area contributed by atoms with Crippen LogP contribution < -0.4 is 10.2 Å². The Labute approximate surface area is 212 Å². The van der Waals surface area contributed by atoms with Crippen LogP contribution in [-0.4, -0.2) is 67.5 Å². The van der Waals surface area contributed by atoms with Crippen LogP contribution in [0.5, 0.6) is 0 Å². The summed E-state index contributed by atoms with van der Waals surface area (Å²) in [5.41, 5.74) is 1.91. The van der Waals surface area contributed by atoms with Gasteiger partial charge in [0.05, 0.1) is 11.5 Å². The summed E-state index contributed by atoms with van der Waals surface area (Å²) in [5.74, 6) is 1.13. The SMILES string of the molecule is CCNC(=NCc1ccc(C(=O)N2CCCCC2)cc1)N1CCN(c2cccs2)CC1.I. The van der Waals surface area contributed by atoms with Gasteiger partial charge in [-0.25, -0.2) is 4.99 Å². The minimum atomic E-state index is 0. The van der Waals surface area contributed by atoms with Crippen molar-refractivity contribution in [1.29, 1.82) is 0 Å². The van der Waals surface area contributed by atoms with E-state index in [4.69, 9.17) is 4.99 Å². The Balaban J connectivity index is 0.00000289. The molecule has 1 aromatic carbocycles. The molecule has 0 radical (unpaired) electrons. The molecule has 0 bridgehead atoms. The molecule has 0 atom stereocenters. The van der Waals surface area contributed by atoms with Crippen LogP contribution >= 0.6 is 35.3 Å². The van der Waals surface area contributed by atoms with Gasteiger partial charge in [0.15, 0.2) is 5.96 Å². The summed E-state index contributed by atoms with van der Waals surface area (Å²) in [4.78, 5) is 24.3. The van der Waals surface area contributed by atoms with Crippen LogP contribution in [0.2, 0.25) is 0 Å². The number of nitrogens with one attached hydrogen (secondary N) is 1. The fourth-order valence-electron chi connectivity index (χ4n) is 4.21. The third-order valence-corrected chi connectivity index (χ3v) is 6.92. The number of piperidine rings is 1. The van der Waals surface area contributed by atoms with Gasteiger partial charge in [0.1, 0.15) is 0 Å². The highest BCUT2D eigenvalue weighted by Crippen LogP contribution is 2.22. The molecular weight excluding hydrogens is 533 g/mol. The highest BCUT2D eigenvalue weighted by molar-refractivity contribution is 14.0. The van der Waals surface area contributed by atoms with Gasteiger partial charge in [0, 0.05) is 51.4 Å². The monoisotopic (exact) mass is 567 g/mol. The fourth-order valence-corrected chi connectivity index (χ4v) is 5.00. The zero-order chi connectivity index (χ0) is 21.5. The van der Waals surface area contributed by atoms with Gasteiger partial charge in [-0.2, -0.15) is 0 Å². The third-order valence-electron chi connectivity index (χ3n) is 5.99. The van der Waals surface area contributed by atoms with E-state index in [9.17, 15) is 4.79 Å². The van der Waals surface area contributed by atoms with Crippen LogP contribution in [0.25, 0.3) is 0 Å². The molecule has 2 aliphatic heterocycles. The predicted octanol–water partition coefficient (Wildman–Crippen LogP) is 4.28. The van der Waals surface area contributed by atoms with E-state index >= 15 is 0 Å². The molecule has 6 nitrogen and oxygen atoms in total. The Bertz CT molecular complexity index is 857. The highest BCUT2D eigenvalue weighted by atomic mass is 127.